The number of nitrogens with one attached hydrogen (secondary N) is 1. The van der Waals surface area contributed by atoms with Crippen molar-refractivity contribution in [2.75, 3.05) is 6.54 Å². The molecule has 0 atom stereocenters. The first kappa shape index (κ1) is 13.1. The Labute approximate surface area is 110 Å². The minimum atomic E-state index is -3.76. The van der Waals surface area contributed by atoms with Crippen molar-refractivity contribution in [3.05, 3.63) is 17.5 Å². The normalized spacial score (nSPS) is 15.3. The minimum absolute atomic E-state index is 0.0807. The van der Waals surface area contributed by atoms with Gasteiger partial charge in [0.25, 0.3) is 15.9 Å². The van der Waals surface area contributed by atoms with Crippen LogP contribution in [-0.4, -0.2) is 31.1 Å². The second kappa shape index (κ2) is 5.14. The van der Waals surface area contributed by atoms with Crippen molar-refractivity contribution in [3.63, 3.8) is 0 Å². The number of carbonyl (C=O) groups is 2. The molecule has 2 heterocycles. The summed E-state index contributed by atoms with van der Waals surface area (Å²) in [7, 11) is -3.76. The van der Waals surface area contributed by atoms with E-state index < -0.39 is 21.2 Å². The first-order chi connectivity index (χ1) is 8.50. The van der Waals surface area contributed by atoms with Gasteiger partial charge in [0, 0.05) is 11.9 Å². The molecule has 0 saturated carbocycles. The van der Waals surface area contributed by atoms with E-state index >= 15 is 0 Å². The van der Waals surface area contributed by atoms with Crippen molar-refractivity contribution in [3.8, 4) is 0 Å². The highest BCUT2D eigenvalue weighted by Gasteiger charge is 2.28. The molecule has 1 aliphatic heterocycles. The number of imide groups is 1. The fourth-order valence-electron chi connectivity index (χ4n) is 1.00. The highest BCUT2D eigenvalue weighted by molar-refractivity contribution is 8.19. The number of sulfonamides is 1. The first-order valence-electron chi connectivity index (χ1n) is 4.47. The predicted molar refractivity (Wildman–Crippen MR) is 64.2 cm³/mol. The van der Waals surface area contributed by atoms with Crippen molar-refractivity contribution in [1.82, 2.24) is 9.14 Å². The molecule has 96 valence electrons. The topological polar surface area (TPSA) is 108 Å². The quantitative estimate of drug-likeness (QED) is 0.838. The molecule has 2 amide bonds. The fourth-order valence-corrected chi connectivity index (χ4v) is 3.96. The second-order valence-corrected chi connectivity index (χ2v) is 6.85. The molecule has 11 heteroatoms. The van der Waals surface area contributed by atoms with Crippen LogP contribution in [0.5, 0.6) is 0 Å². The van der Waals surface area contributed by atoms with Crippen LogP contribution in [0.25, 0.3) is 0 Å². The van der Waals surface area contributed by atoms with E-state index in [-0.39, 0.29) is 22.7 Å². The highest BCUT2D eigenvalue weighted by atomic mass is 32.3. The Balaban J connectivity index is 1.98. The van der Waals surface area contributed by atoms with Gasteiger partial charge < -0.3 is 0 Å². The van der Waals surface area contributed by atoms with E-state index in [4.69, 9.17) is 0 Å². The number of nitrogens with zero attached hydrogens (tertiary/aromatic N) is 3. The summed E-state index contributed by atoms with van der Waals surface area (Å²) in [6.45, 7) is -0.204. The lowest BCUT2D eigenvalue weighted by atomic mass is 10.6. The second-order valence-electron chi connectivity index (χ2n) is 2.98. The van der Waals surface area contributed by atoms with Crippen LogP contribution in [-0.2, 0) is 14.8 Å². The molecule has 1 aromatic rings. The van der Waals surface area contributed by atoms with Gasteiger partial charge in [0.15, 0.2) is 0 Å². The lowest BCUT2D eigenvalue weighted by molar-refractivity contribution is -0.124. The summed E-state index contributed by atoms with van der Waals surface area (Å²) in [5, 5.41) is 7.91. The standard InChI is InChI=1S/C7H6N4O4S3/c12-5-4-8-9-11(5)7(13)17-10-18(14,15)6-2-1-3-16-6/h1-3,10H,4H2. The summed E-state index contributed by atoms with van der Waals surface area (Å²) in [5.74, 6) is -0.595. The van der Waals surface area contributed by atoms with Gasteiger partial charge in [0.2, 0.25) is 0 Å². The van der Waals surface area contributed by atoms with Gasteiger partial charge in [-0.2, -0.15) is 5.11 Å². The van der Waals surface area contributed by atoms with E-state index in [1.807, 2.05) is 4.13 Å². The molecule has 8 nitrogen and oxygen atoms in total. The van der Waals surface area contributed by atoms with Gasteiger partial charge >= 0.3 is 5.24 Å². The molecule has 1 N–H and O–H groups in total. The molecule has 0 saturated heterocycles. The summed E-state index contributed by atoms with van der Waals surface area (Å²) in [6, 6.07) is 2.97. The third-order valence-electron chi connectivity index (χ3n) is 1.77. The molecule has 2 rings (SSSR count). The van der Waals surface area contributed by atoms with Crippen molar-refractivity contribution in [2.24, 2.45) is 10.3 Å². The van der Waals surface area contributed by atoms with Gasteiger partial charge in [0.05, 0.1) is 0 Å². The molecule has 0 aromatic carbocycles. The zero-order valence-corrected chi connectivity index (χ0v) is 11.1. The number of amides is 2. The Kier molecular flexibility index (Phi) is 3.75. The summed E-state index contributed by atoms with van der Waals surface area (Å²) in [6.07, 6.45) is 0. The van der Waals surface area contributed by atoms with Crippen molar-refractivity contribution in [1.29, 1.82) is 0 Å². The molecular formula is C7H6N4O4S3. The fraction of sp³-hybridized carbons (Fsp3) is 0.143. The molecule has 1 aliphatic rings. The molecule has 18 heavy (non-hydrogen) atoms. The Morgan fingerprint density at radius 3 is 2.89 bits per heavy atom. The maximum Gasteiger partial charge on any atom is 0.326 e. The van der Waals surface area contributed by atoms with E-state index in [1.165, 1.54) is 6.07 Å². The van der Waals surface area contributed by atoms with E-state index in [1.54, 1.807) is 11.4 Å². The first-order valence-corrected chi connectivity index (χ1v) is 7.65. The van der Waals surface area contributed by atoms with Crippen LogP contribution in [0.4, 0.5) is 4.79 Å². The molecule has 0 unspecified atom stereocenters. The number of rotatable bonds is 3. The number of hydrogen-bond donors (Lipinski definition) is 1. The highest BCUT2D eigenvalue weighted by Crippen LogP contribution is 2.19. The van der Waals surface area contributed by atoms with Crippen LogP contribution in [0.3, 0.4) is 0 Å². The molecule has 0 spiro atoms. The SMILES string of the molecule is O=C1CN=NN1C(=O)SNS(=O)(=O)c1cccs1. The monoisotopic (exact) mass is 306 g/mol. The van der Waals surface area contributed by atoms with Crippen LogP contribution in [0, 0.1) is 0 Å². The Morgan fingerprint density at radius 2 is 2.33 bits per heavy atom. The van der Waals surface area contributed by atoms with Gasteiger partial charge in [-0.05, 0) is 11.4 Å². The van der Waals surface area contributed by atoms with Gasteiger partial charge in [0.1, 0.15) is 10.8 Å². The maximum absolute atomic E-state index is 11.7. The van der Waals surface area contributed by atoms with Gasteiger partial charge in [-0.25, -0.2) is 8.42 Å². The van der Waals surface area contributed by atoms with Gasteiger partial charge in [-0.1, -0.05) is 11.3 Å². The van der Waals surface area contributed by atoms with Crippen LogP contribution in [0.15, 0.2) is 32.1 Å². The number of thiophene rings is 1. The summed E-state index contributed by atoms with van der Waals surface area (Å²) in [5.41, 5.74) is 0. The van der Waals surface area contributed by atoms with E-state index in [0.29, 0.717) is 5.01 Å². The smallest absolute Gasteiger partial charge is 0.270 e. The third kappa shape index (κ3) is 2.75. The summed E-state index contributed by atoms with van der Waals surface area (Å²) >= 11 is 1.28. The zero-order valence-electron chi connectivity index (χ0n) is 8.64. The van der Waals surface area contributed by atoms with E-state index in [0.717, 1.165) is 11.3 Å². The molecule has 0 fully saturated rings. The van der Waals surface area contributed by atoms with Gasteiger partial charge in [-0.15, -0.1) is 20.5 Å². The molecule has 0 bridgehead atoms. The van der Waals surface area contributed by atoms with E-state index in [9.17, 15) is 18.0 Å². The third-order valence-corrected chi connectivity index (χ3v) is 5.60. The Hall–Kier alpha value is -1.30. The lowest BCUT2D eigenvalue weighted by Crippen LogP contribution is -2.29. The zero-order chi connectivity index (χ0) is 13.2. The lowest BCUT2D eigenvalue weighted by Gasteiger charge is -2.07. The summed E-state index contributed by atoms with van der Waals surface area (Å²) in [4.78, 5) is 22.6. The summed E-state index contributed by atoms with van der Waals surface area (Å²) < 4.78 is 25.4. The van der Waals surface area contributed by atoms with Crippen molar-refractivity contribution >= 4 is 44.5 Å². The molecular weight excluding hydrogens is 300 g/mol. The van der Waals surface area contributed by atoms with Crippen molar-refractivity contribution < 1.29 is 18.0 Å². The van der Waals surface area contributed by atoms with E-state index in [2.05, 4.69) is 10.3 Å². The average Bonchev–Trinajstić information content (AvgIpc) is 2.96. The van der Waals surface area contributed by atoms with Crippen LogP contribution in [0.2, 0.25) is 0 Å². The number of carbonyl (C=O) groups excluding carboxylic acids is 2. The molecule has 0 radical (unpaired) electrons. The molecule has 1 aromatic heterocycles. The Morgan fingerprint density at radius 1 is 1.56 bits per heavy atom. The largest absolute Gasteiger partial charge is 0.326 e. The average molecular weight is 306 g/mol. The molecule has 0 aliphatic carbocycles. The Bertz CT molecular complexity index is 594. The number of hydrogen-bond acceptors (Lipinski definition) is 8. The van der Waals surface area contributed by atoms with Crippen LogP contribution in [0.1, 0.15) is 0 Å². The van der Waals surface area contributed by atoms with Gasteiger partial charge in [-0.3, -0.25) is 9.59 Å². The van der Waals surface area contributed by atoms with Crippen molar-refractivity contribution in [2.45, 2.75) is 4.21 Å². The predicted octanol–water partition coefficient (Wildman–Crippen LogP) is 1.00. The van der Waals surface area contributed by atoms with Crippen LogP contribution < -0.4 is 4.13 Å². The minimum Gasteiger partial charge on any atom is -0.270 e. The maximum atomic E-state index is 11.7. The van der Waals surface area contributed by atoms with Crippen LogP contribution >= 0.6 is 23.3 Å².